The van der Waals surface area contributed by atoms with Crippen LogP contribution in [0.15, 0.2) is 24.3 Å². The number of carbonyl (C=O) groups is 1. The van der Waals surface area contributed by atoms with Crippen LogP contribution in [-0.2, 0) is 4.79 Å². The predicted molar refractivity (Wildman–Crippen MR) is 83.8 cm³/mol. The lowest BCUT2D eigenvalue weighted by molar-refractivity contribution is -0.124. The fourth-order valence-electron chi connectivity index (χ4n) is 2.75. The first kappa shape index (κ1) is 16.9. The molecule has 2 rings (SSSR count). The van der Waals surface area contributed by atoms with Crippen LogP contribution in [0.5, 0.6) is 0 Å². The van der Waals surface area contributed by atoms with Crippen LogP contribution in [0.25, 0.3) is 0 Å². The van der Waals surface area contributed by atoms with Gasteiger partial charge in [-0.15, -0.1) is 0 Å². The van der Waals surface area contributed by atoms with Gasteiger partial charge in [0.05, 0.1) is 18.7 Å². The largest absolute Gasteiger partial charge is 0.386 e. The number of aliphatic hydroxyl groups excluding tert-OH is 1. The molecule has 2 N–H and O–H groups in total. The molecule has 0 spiro atoms. The van der Waals surface area contributed by atoms with E-state index < -0.39 is 12.1 Å². The Morgan fingerprint density at radius 2 is 1.95 bits per heavy atom. The lowest BCUT2D eigenvalue weighted by Crippen LogP contribution is -2.45. The smallest absolute Gasteiger partial charge is 0.234 e. The Morgan fingerprint density at radius 1 is 1.36 bits per heavy atom. The average Bonchev–Trinajstić information content (AvgIpc) is 2.49. The van der Waals surface area contributed by atoms with Gasteiger partial charge >= 0.3 is 0 Å². The van der Waals surface area contributed by atoms with Gasteiger partial charge in [0.2, 0.25) is 5.91 Å². The van der Waals surface area contributed by atoms with Crippen molar-refractivity contribution < 1.29 is 14.3 Å². The first-order valence-corrected chi connectivity index (χ1v) is 7.91. The van der Waals surface area contributed by atoms with E-state index in [1.54, 1.807) is 6.92 Å². The Balaban J connectivity index is 1.81. The van der Waals surface area contributed by atoms with Crippen molar-refractivity contribution in [1.82, 2.24) is 10.2 Å². The molecule has 2 unspecified atom stereocenters. The molecule has 1 aromatic rings. The summed E-state index contributed by atoms with van der Waals surface area (Å²) in [5.74, 6) is 0.314. The van der Waals surface area contributed by atoms with Crippen molar-refractivity contribution in [3.05, 3.63) is 35.6 Å². The van der Waals surface area contributed by atoms with Crippen LogP contribution in [-0.4, -0.2) is 41.6 Å². The van der Waals surface area contributed by atoms with Crippen LogP contribution in [0, 0.1) is 11.7 Å². The topological polar surface area (TPSA) is 52.6 Å². The summed E-state index contributed by atoms with van der Waals surface area (Å²) in [6, 6.07) is 5.27. The normalized spacial score (nSPS) is 19.6. The highest BCUT2D eigenvalue weighted by Crippen LogP contribution is 2.18. The number of benzene rings is 1. The number of hydrogen-bond acceptors (Lipinski definition) is 3. The summed E-state index contributed by atoms with van der Waals surface area (Å²) in [5.41, 5.74) is 0.598. The number of nitrogens with one attached hydrogen (secondary N) is 1. The van der Waals surface area contributed by atoms with Gasteiger partial charge < -0.3 is 10.4 Å². The van der Waals surface area contributed by atoms with Crippen molar-refractivity contribution in [2.45, 2.75) is 38.8 Å². The molecule has 0 bridgehead atoms. The number of likely N-dealkylation sites (tertiary alicyclic amines) is 1. The summed E-state index contributed by atoms with van der Waals surface area (Å²) < 4.78 is 12.9. The van der Waals surface area contributed by atoms with E-state index in [1.807, 2.05) is 0 Å². The Hall–Kier alpha value is -1.46. The van der Waals surface area contributed by atoms with Gasteiger partial charge in [-0.1, -0.05) is 19.1 Å². The number of aliphatic hydroxyl groups is 1. The van der Waals surface area contributed by atoms with Crippen molar-refractivity contribution in [2.75, 3.05) is 19.6 Å². The average molecular weight is 308 g/mol. The van der Waals surface area contributed by atoms with E-state index in [1.165, 1.54) is 24.3 Å². The van der Waals surface area contributed by atoms with Crippen LogP contribution in [0.2, 0.25) is 0 Å². The van der Waals surface area contributed by atoms with Crippen LogP contribution >= 0.6 is 0 Å². The van der Waals surface area contributed by atoms with Gasteiger partial charge in [-0.05, 0) is 56.5 Å². The molecule has 122 valence electrons. The zero-order chi connectivity index (χ0) is 16.1. The standard InChI is InChI=1S/C17H25FN2O2/c1-12-7-9-20(10-8-12)11-16(21)19-13(2)17(22)14-3-5-15(18)6-4-14/h3-6,12-13,17,22H,7-11H2,1-2H3,(H,19,21). The van der Waals surface area contributed by atoms with E-state index in [-0.39, 0.29) is 11.7 Å². The number of amides is 1. The number of nitrogens with zero attached hydrogens (tertiary/aromatic N) is 1. The quantitative estimate of drug-likeness (QED) is 0.876. The predicted octanol–water partition coefficient (Wildman–Crippen LogP) is 2.10. The molecule has 0 aliphatic carbocycles. The fourth-order valence-corrected chi connectivity index (χ4v) is 2.75. The molecule has 1 aliphatic rings. The molecular weight excluding hydrogens is 283 g/mol. The molecule has 22 heavy (non-hydrogen) atoms. The molecule has 1 amide bonds. The Kier molecular flexibility index (Phi) is 5.91. The third-order valence-electron chi connectivity index (χ3n) is 4.32. The van der Waals surface area contributed by atoms with Gasteiger partial charge in [0.15, 0.2) is 0 Å². The molecule has 0 radical (unpaired) electrons. The van der Waals surface area contributed by atoms with Crippen molar-refractivity contribution in [3.63, 3.8) is 0 Å². The Bertz CT molecular complexity index is 484. The van der Waals surface area contributed by atoms with E-state index in [0.717, 1.165) is 31.8 Å². The first-order chi connectivity index (χ1) is 10.5. The maximum atomic E-state index is 12.9. The summed E-state index contributed by atoms with van der Waals surface area (Å²) in [7, 11) is 0. The molecule has 0 aromatic heterocycles. The van der Waals surface area contributed by atoms with Crippen molar-refractivity contribution in [1.29, 1.82) is 0 Å². The summed E-state index contributed by atoms with van der Waals surface area (Å²) in [4.78, 5) is 14.2. The van der Waals surface area contributed by atoms with Crippen LogP contribution in [0.4, 0.5) is 4.39 Å². The van der Waals surface area contributed by atoms with E-state index in [2.05, 4.69) is 17.1 Å². The molecule has 5 heteroatoms. The second-order valence-electron chi connectivity index (χ2n) is 6.31. The number of halogens is 1. The minimum atomic E-state index is -0.842. The van der Waals surface area contributed by atoms with Crippen LogP contribution in [0.1, 0.15) is 38.4 Å². The van der Waals surface area contributed by atoms with Gasteiger partial charge in [-0.2, -0.15) is 0 Å². The van der Waals surface area contributed by atoms with Crippen LogP contribution in [0.3, 0.4) is 0 Å². The number of carbonyl (C=O) groups excluding carboxylic acids is 1. The highest BCUT2D eigenvalue weighted by Gasteiger charge is 2.21. The minimum absolute atomic E-state index is 0.0804. The van der Waals surface area contributed by atoms with Gasteiger partial charge in [-0.3, -0.25) is 9.69 Å². The fraction of sp³-hybridized carbons (Fsp3) is 0.588. The molecule has 4 nitrogen and oxygen atoms in total. The molecule has 1 fully saturated rings. The molecule has 0 saturated carbocycles. The van der Waals surface area contributed by atoms with E-state index in [0.29, 0.717) is 12.1 Å². The summed E-state index contributed by atoms with van der Waals surface area (Å²) >= 11 is 0. The maximum absolute atomic E-state index is 12.9. The number of hydrogen-bond donors (Lipinski definition) is 2. The monoisotopic (exact) mass is 308 g/mol. The van der Waals surface area contributed by atoms with Gasteiger partial charge in [-0.25, -0.2) is 4.39 Å². The van der Waals surface area contributed by atoms with E-state index >= 15 is 0 Å². The van der Waals surface area contributed by atoms with E-state index in [4.69, 9.17) is 0 Å². The molecule has 1 saturated heterocycles. The van der Waals surface area contributed by atoms with Gasteiger partial charge in [0.1, 0.15) is 5.82 Å². The Morgan fingerprint density at radius 3 is 2.55 bits per heavy atom. The summed E-state index contributed by atoms with van der Waals surface area (Å²) in [6.07, 6.45) is 1.41. The van der Waals surface area contributed by atoms with Gasteiger partial charge in [0.25, 0.3) is 0 Å². The van der Waals surface area contributed by atoms with Crippen molar-refractivity contribution in [2.24, 2.45) is 5.92 Å². The maximum Gasteiger partial charge on any atom is 0.234 e. The molecular formula is C17H25FN2O2. The third-order valence-corrected chi connectivity index (χ3v) is 4.32. The first-order valence-electron chi connectivity index (χ1n) is 7.91. The zero-order valence-corrected chi connectivity index (χ0v) is 13.3. The minimum Gasteiger partial charge on any atom is -0.386 e. The second kappa shape index (κ2) is 7.70. The molecule has 1 aromatic carbocycles. The highest BCUT2D eigenvalue weighted by molar-refractivity contribution is 5.78. The molecule has 2 atom stereocenters. The summed E-state index contributed by atoms with van der Waals surface area (Å²) in [5, 5.41) is 13.0. The number of piperidine rings is 1. The van der Waals surface area contributed by atoms with Crippen molar-refractivity contribution in [3.8, 4) is 0 Å². The summed E-state index contributed by atoms with van der Waals surface area (Å²) in [6.45, 7) is 6.25. The van der Waals surface area contributed by atoms with Crippen LogP contribution < -0.4 is 5.32 Å². The lowest BCUT2D eigenvalue weighted by atomic mass is 9.99. The highest BCUT2D eigenvalue weighted by atomic mass is 19.1. The number of rotatable bonds is 5. The van der Waals surface area contributed by atoms with E-state index in [9.17, 15) is 14.3 Å². The lowest BCUT2D eigenvalue weighted by Gasteiger charge is -2.30. The van der Waals surface area contributed by atoms with Crippen molar-refractivity contribution >= 4 is 5.91 Å². The molecule has 1 heterocycles. The third kappa shape index (κ3) is 4.78. The Labute approximate surface area is 131 Å². The van der Waals surface area contributed by atoms with Gasteiger partial charge in [0, 0.05) is 0 Å². The zero-order valence-electron chi connectivity index (χ0n) is 13.3. The second-order valence-corrected chi connectivity index (χ2v) is 6.31. The SMILES string of the molecule is CC1CCN(CC(=O)NC(C)C(O)c2ccc(F)cc2)CC1. The molecule has 1 aliphatic heterocycles.